The molecule has 0 bridgehead atoms. The van der Waals surface area contributed by atoms with Gasteiger partial charge in [0.05, 0.1) is 11.9 Å². The molecular weight excluding hydrogens is 211 g/mol. The molecule has 2 N–H and O–H groups in total. The molecule has 1 heterocycles. The number of hydrogen-bond acceptors (Lipinski definition) is 2. The van der Waals surface area contributed by atoms with Gasteiger partial charge in [-0.1, -0.05) is 6.07 Å². The van der Waals surface area contributed by atoms with Crippen molar-refractivity contribution in [2.45, 2.75) is 6.92 Å². The fourth-order valence-electron chi connectivity index (χ4n) is 1.52. The highest BCUT2D eigenvalue weighted by Gasteiger charge is 2.15. The molecule has 2 aromatic rings. The van der Waals surface area contributed by atoms with E-state index in [4.69, 9.17) is 5.11 Å². The van der Waals surface area contributed by atoms with Crippen molar-refractivity contribution in [3.63, 3.8) is 0 Å². The summed E-state index contributed by atoms with van der Waals surface area (Å²) in [6.07, 6.45) is 1.21. The normalized spacial score (nSPS) is 10.4. The molecule has 0 aliphatic heterocycles. The van der Waals surface area contributed by atoms with Crippen LogP contribution in [0.2, 0.25) is 0 Å². The minimum Gasteiger partial charge on any atom is -0.478 e. The lowest BCUT2D eigenvalue weighted by Gasteiger charge is -2.04. The number of halogens is 1. The molecule has 0 radical (unpaired) electrons. The molecule has 0 atom stereocenters. The Balaban J connectivity index is 2.62. The van der Waals surface area contributed by atoms with Gasteiger partial charge in [-0.2, -0.15) is 5.10 Å². The van der Waals surface area contributed by atoms with Gasteiger partial charge in [0.2, 0.25) is 0 Å². The van der Waals surface area contributed by atoms with Crippen LogP contribution in [0, 0.1) is 12.7 Å². The number of benzene rings is 1. The van der Waals surface area contributed by atoms with E-state index in [9.17, 15) is 9.18 Å². The first-order valence-electron chi connectivity index (χ1n) is 4.63. The number of carboxylic acids is 1. The standard InChI is InChI=1S/C11H9FN2O2/c1-6-2-3-7(12)4-8(6)10-9(11(15)16)5-13-14-10/h2-5H,1H3,(H,13,14)(H,15,16). The lowest BCUT2D eigenvalue weighted by molar-refractivity contribution is 0.0698. The Morgan fingerprint density at radius 3 is 2.94 bits per heavy atom. The van der Waals surface area contributed by atoms with E-state index in [1.165, 1.54) is 18.3 Å². The summed E-state index contributed by atoms with van der Waals surface area (Å²) < 4.78 is 13.1. The van der Waals surface area contributed by atoms with Crippen LogP contribution in [0.5, 0.6) is 0 Å². The SMILES string of the molecule is Cc1ccc(F)cc1-c1[nH]ncc1C(=O)O. The lowest BCUT2D eigenvalue weighted by Crippen LogP contribution is -1.98. The zero-order valence-electron chi connectivity index (χ0n) is 8.49. The number of aromatic carboxylic acids is 1. The van der Waals surface area contributed by atoms with Gasteiger partial charge in [0.25, 0.3) is 0 Å². The van der Waals surface area contributed by atoms with Crippen LogP contribution in [-0.4, -0.2) is 21.3 Å². The number of carbonyl (C=O) groups is 1. The van der Waals surface area contributed by atoms with Crippen LogP contribution in [-0.2, 0) is 0 Å². The van der Waals surface area contributed by atoms with Crippen LogP contribution < -0.4 is 0 Å². The maximum absolute atomic E-state index is 13.1. The fourth-order valence-corrected chi connectivity index (χ4v) is 1.52. The van der Waals surface area contributed by atoms with Gasteiger partial charge in [-0.05, 0) is 24.6 Å². The average molecular weight is 220 g/mol. The van der Waals surface area contributed by atoms with Gasteiger partial charge in [0.15, 0.2) is 0 Å². The van der Waals surface area contributed by atoms with Crippen LogP contribution in [0.4, 0.5) is 4.39 Å². The molecule has 82 valence electrons. The summed E-state index contributed by atoms with van der Waals surface area (Å²) in [4.78, 5) is 10.9. The van der Waals surface area contributed by atoms with Gasteiger partial charge in [-0.25, -0.2) is 9.18 Å². The molecular formula is C11H9FN2O2. The van der Waals surface area contributed by atoms with Crippen molar-refractivity contribution < 1.29 is 14.3 Å². The highest BCUT2D eigenvalue weighted by molar-refractivity contribution is 5.94. The first-order chi connectivity index (χ1) is 7.59. The van der Waals surface area contributed by atoms with Gasteiger partial charge >= 0.3 is 5.97 Å². The van der Waals surface area contributed by atoms with Crippen LogP contribution in [0.25, 0.3) is 11.3 Å². The molecule has 5 heteroatoms. The fraction of sp³-hybridized carbons (Fsp3) is 0.0909. The van der Waals surface area contributed by atoms with E-state index in [1.54, 1.807) is 13.0 Å². The summed E-state index contributed by atoms with van der Waals surface area (Å²) in [5, 5.41) is 15.2. The third-order valence-electron chi connectivity index (χ3n) is 2.34. The Labute approximate surface area is 90.7 Å². The maximum atomic E-state index is 13.1. The maximum Gasteiger partial charge on any atom is 0.339 e. The smallest absolute Gasteiger partial charge is 0.339 e. The minimum absolute atomic E-state index is 0.0358. The summed E-state index contributed by atoms with van der Waals surface area (Å²) in [7, 11) is 0. The quantitative estimate of drug-likeness (QED) is 0.815. The molecule has 0 amide bonds. The summed E-state index contributed by atoms with van der Waals surface area (Å²) >= 11 is 0. The number of carboxylic acid groups (broad SMARTS) is 1. The molecule has 16 heavy (non-hydrogen) atoms. The van der Waals surface area contributed by atoms with Crippen molar-refractivity contribution in [2.24, 2.45) is 0 Å². The summed E-state index contributed by atoms with van der Waals surface area (Å²) in [5.74, 6) is -1.50. The Kier molecular flexibility index (Phi) is 2.44. The number of hydrogen-bond donors (Lipinski definition) is 2. The lowest BCUT2D eigenvalue weighted by atomic mass is 10.0. The van der Waals surface area contributed by atoms with Gasteiger partial charge in [0, 0.05) is 5.56 Å². The van der Waals surface area contributed by atoms with E-state index in [2.05, 4.69) is 10.2 Å². The first-order valence-corrected chi connectivity index (χ1v) is 4.63. The third kappa shape index (κ3) is 1.67. The molecule has 4 nitrogen and oxygen atoms in total. The molecule has 1 aromatic carbocycles. The molecule has 0 aliphatic rings. The van der Waals surface area contributed by atoms with E-state index in [-0.39, 0.29) is 5.56 Å². The van der Waals surface area contributed by atoms with Crippen LogP contribution in [0.3, 0.4) is 0 Å². The van der Waals surface area contributed by atoms with Crippen molar-refractivity contribution in [2.75, 3.05) is 0 Å². The summed E-state index contributed by atoms with van der Waals surface area (Å²) in [6.45, 7) is 1.78. The highest BCUT2D eigenvalue weighted by Crippen LogP contribution is 2.25. The van der Waals surface area contributed by atoms with Crippen molar-refractivity contribution >= 4 is 5.97 Å². The monoisotopic (exact) mass is 220 g/mol. The summed E-state index contributed by atoms with van der Waals surface area (Å²) in [6, 6.07) is 4.21. The minimum atomic E-state index is -1.09. The average Bonchev–Trinajstić information content (AvgIpc) is 2.70. The number of H-pyrrole nitrogens is 1. The van der Waals surface area contributed by atoms with Crippen molar-refractivity contribution in [1.29, 1.82) is 0 Å². The Morgan fingerprint density at radius 2 is 2.25 bits per heavy atom. The zero-order chi connectivity index (χ0) is 11.7. The Morgan fingerprint density at radius 1 is 1.50 bits per heavy atom. The van der Waals surface area contributed by atoms with E-state index >= 15 is 0 Å². The molecule has 1 aromatic heterocycles. The number of aryl methyl sites for hydroxylation is 1. The van der Waals surface area contributed by atoms with Crippen molar-refractivity contribution in [3.8, 4) is 11.3 Å². The Hall–Kier alpha value is -2.17. The largest absolute Gasteiger partial charge is 0.478 e. The second-order valence-corrected chi connectivity index (χ2v) is 3.42. The topological polar surface area (TPSA) is 66.0 Å². The van der Waals surface area contributed by atoms with E-state index in [0.29, 0.717) is 11.3 Å². The molecule has 0 aliphatic carbocycles. The molecule has 0 saturated heterocycles. The molecule has 0 fully saturated rings. The number of rotatable bonds is 2. The van der Waals surface area contributed by atoms with Gasteiger partial charge < -0.3 is 5.11 Å². The number of nitrogens with one attached hydrogen (secondary N) is 1. The van der Waals surface area contributed by atoms with Gasteiger partial charge in [-0.15, -0.1) is 0 Å². The molecule has 0 spiro atoms. The van der Waals surface area contributed by atoms with Crippen LogP contribution in [0.15, 0.2) is 24.4 Å². The van der Waals surface area contributed by atoms with Crippen LogP contribution >= 0.6 is 0 Å². The van der Waals surface area contributed by atoms with E-state index in [1.807, 2.05) is 0 Å². The van der Waals surface area contributed by atoms with E-state index in [0.717, 1.165) is 5.56 Å². The predicted molar refractivity (Wildman–Crippen MR) is 55.7 cm³/mol. The summed E-state index contributed by atoms with van der Waals surface area (Å²) in [5.41, 5.74) is 1.65. The number of aromatic nitrogens is 2. The van der Waals surface area contributed by atoms with Gasteiger partial charge in [-0.3, -0.25) is 5.10 Å². The molecule has 2 rings (SSSR count). The molecule has 0 unspecified atom stereocenters. The highest BCUT2D eigenvalue weighted by atomic mass is 19.1. The third-order valence-corrected chi connectivity index (χ3v) is 2.34. The van der Waals surface area contributed by atoms with Crippen molar-refractivity contribution in [3.05, 3.63) is 41.3 Å². The second kappa shape index (κ2) is 3.77. The molecule has 0 saturated carbocycles. The predicted octanol–water partition coefficient (Wildman–Crippen LogP) is 2.22. The zero-order valence-corrected chi connectivity index (χ0v) is 8.49. The number of aromatic amines is 1. The van der Waals surface area contributed by atoms with E-state index < -0.39 is 11.8 Å². The Bertz CT molecular complexity index is 549. The van der Waals surface area contributed by atoms with Crippen LogP contribution in [0.1, 0.15) is 15.9 Å². The van der Waals surface area contributed by atoms with Gasteiger partial charge in [0.1, 0.15) is 11.4 Å². The van der Waals surface area contributed by atoms with Crippen molar-refractivity contribution in [1.82, 2.24) is 10.2 Å². The number of nitrogens with zero attached hydrogens (tertiary/aromatic N) is 1. The first kappa shape index (κ1) is 10.4. The second-order valence-electron chi connectivity index (χ2n) is 3.42.